The van der Waals surface area contributed by atoms with Gasteiger partial charge in [-0.25, -0.2) is 9.78 Å². The van der Waals surface area contributed by atoms with E-state index in [1.54, 1.807) is 0 Å². The Hall–Kier alpha value is -1.03. The predicted octanol–water partition coefficient (Wildman–Crippen LogP) is 3.16. The van der Waals surface area contributed by atoms with E-state index in [-0.39, 0.29) is 0 Å². The summed E-state index contributed by atoms with van der Waals surface area (Å²) in [5.74, 6) is -0.867. The molecular formula is C13H17NO2S. The van der Waals surface area contributed by atoms with Gasteiger partial charge in [0.05, 0.1) is 5.56 Å². The van der Waals surface area contributed by atoms with E-state index >= 15 is 0 Å². The van der Waals surface area contributed by atoms with E-state index in [4.69, 9.17) is 0 Å². The number of rotatable bonds is 3. The Morgan fingerprint density at radius 1 is 1.41 bits per heavy atom. The summed E-state index contributed by atoms with van der Waals surface area (Å²) in [5, 5.41) is 10.3. The molecule has 0 fully saturated rings. The van der Waals surface area contributed by atoms with E-state index in [9.17, 15) is 9.90 Å². The van der Waals surface area contributed by atoms with Crippen molar-refractivity contribution in [3.63, 3.8) is 0 Å². The summed E-state index contributed by atoms with van der Waals surface area (Å²) >= 11 is 1.53. The molecule has 92 valence electrons. The van der Waals surface area contributed by atoms with Crippen LogP contribution in [0.15, 0.2) is 11.1 Å². The second-order valence-electron chi connectivity index (χ2n) is 4.63. The highest BCUT2D eigenvalue weighted by atomic mass is 32.2. The van der Waals surface area contributed by atoms with Crippen molar-refractivity contribution in [2.45, 2.75) is 49.8 Å². The van der Waals surface area contributed by atoms with E-state index in [2.05, 4.69) is 18.8 Å². The van der Waals surface area contributed by atoms with Crippen LogP contribution in [0, 0.1) is 0 Å². The lowest BCUT2D eigenvalue weighted by molar-refractivity contribution is 0.0692. The van der Waals surface area contributed by atoms with Crippen LogP contribution >= 0.6 is 11.8 Å². The fraction of sp³-hybridized carbons (Fsp3) is 0.538. The molecule has 0 spiro atoms. The number of aryl methyl sites for hydroxylation is 2. The Morgan fingerprint density at radius 2 is 2.12 bits per heavy atom. The van der Waals surface area contributed by atoms with Gasteiger partial charge < -0.3 is 5.11 Å². The number of aromatic carboxylic acids is 1. The number of thioether (sulfide) groups is 1. The summed E-state index contributed by atoms with van der Waals surface area (Å²) in [6.07, 6.45) is 4.26. The van der Waals surface area contributed by atoms with Gasteiger partial charge in [-0.15, -0.1) is 11.8 Å². The number of hydrogen-bond donors (Lipinski definition) is 1. The first kappa shape index (κ1) is 12.4. The molecule has 0 aliphatic heterocycles. The SMILES string of the molecule is CC(C)Sc1nc2c(cc1C(=O)O)CCCC2. The molecule has 1 aromatic heterocycles. The molecular weight excluding hydrogens is 234 g/mol. The number of carboxylic acids is 1. The van der Waals surface area contributed by atoms with Gasteiger partial charge in [-0.1, -0.05) is 13.8 Å². The second-order valence-corrected chi connectivity index (χ2v) is 6.19. The zero-order chi connectivity index (χ0) is 12.4. The molecule has 0 bridgehead atoms. The summed E-state index contributed by atoms with van der Waals surface area (Å²) in [7, 11) is 0. The van der Waals surface area contributed by atoms with E-state index in [1.165, 1.54) is 11.8 Å². The molecule has 0 atom stereocenters. The molecule has 4 heteroatoms. The van der Waals surface area contributed by atoms with Crippen LogP contribution in [0.5, 0.6) is 0 Å². The summed E-state index contributed by atoms with van der Waals surface area (Å²) in [4.78, 5) is 15.8. The standard InChI is InChI=1S/C13H17NO2S/c1-8(2)17-12-10(13(15)16)7-9-5-3-4-6-11(9)14-12/h7-8H,3-6H2,1-2H3,(H,15,16). The number of fused-ring (bicyclic) bond motifs is 1. The van der Waals surface area contributed by atoms with E-state index in [0.717, 1.165) is 36.9 Å². The first-order chi connectivity index (χ1) is 8.08. The van der Waals surface area contributed by atoms with Gasteiger partial charge >= 0.3 is 5.97 Å². The van der Waals surface area contributed by atoms with E-state index < -0.39 is 5.97 Å². The average molecular weight is 251 g/mol. The minimum atomic E-state index is -0.867. The zero-order valence-corrected chi connectivity index (χ0v) is 11.0. The number of carbonyl (C=O) groups is 1. The smallest absolute Gasteiger partial charge is 0.338 e. The van der Waals surface area contributed by atoms with Crippen molar-refractivity contribution >= 4 is 17.7 Å². The first-order valence-electron chi connectivity index (χ1n) is 6.00. The minimum absolute atomic E-state index is 0.349. The molecule has 1 heterocycles. The Bertz CT molecular complexity index is 443. The number of aromatic nitrogens is 1. The van der Waals surface area contributed by atoms with Crippen LogP contribution in [0.2, 0.25) is 0 Å². The fourth-order valence-electron chi connectivity index (χ4n) is 2.08. The third kappa shape index (κ3) is 2.80. The van der Waals surface area contributed by atoms with Crippen molar-refractivity contribution in [3.8, 4) is 0 Å². The van der Waals surface area contributed by atoms with Gasteiger partial charge in [0.25, 0.3) is 0 Å². The lowest BCUT2D eigenvalue weighted by Gasteiger charge is -2.17. The van der Waals surface area contributed by atoms with Gasteiger partial charge in [0, 0.05) is 10.9 Å². The monoisotopic (exact) mass is 251 g/mol. The number of carboxylic acid groups (broad SMARTS) is 1. The van der Waals surface area contributed by atoms with Crippen molar-refractivity contribution in [3.05, 3.63) is 22.9 Å². The molecule has 0 saturated carbocycles. The third-order valence-electron chi connectivity index (χ3n) is 2.84. The van der Waals surface area contributed by atoms with Crippen LogP contribution in [0.4, 0.5) is 0 Å². The quantitative estimate of drug-likeness (QED) is 0.838. The van der Waals surface area contributed by atoms with Crippen molar-refractivity contribution in [2.24, 2.45) is 0 Å². The Morgan fingerprint density at radius 3 is 2.76 bits per heavy atom. The summed E-state index contributed by atoms with van der Waals surface area (Å²) < 4.78 is 0. The van der Waals surface area contributed by atoms with Crippen molar-refractivity contribution in [2.75, 3.05) is 0 Å². The maximum Gasteiger partial charge on any atom is 0.338 e. The van der Waals surface area contributed by atoms with Crippen LogP contribution in [-0.4, -0.2) is 21.3 Å². The second kappa shape index (κ2) is 5.08. The number of pyridine rings is 1. The summed E-state index contributed by atoms with van der Waals surface area (Å²) in [5.41, 5.74) is 2.59. The molecule has 1 aliphatic carbocycles. The number of hydrogen-bond acceptors (Lipinski definition) is 3. The molecule has 1 aliphatic rings. The maximum absolute atomic E-state index is 11.2. The molecule has 0 radical (unpaired) electrons. The molecule has 1 aromatic rings. The van der Waals surface area contributed by atoms with Crippen LogP contribution in [0.1, 0.15) is 48.3 Å². The highest BCUT2D eigenvalue weighted by molar-refractivity contribution is 7.99. The molecule has 0 unspecified atom stereocenters. The molecule has 1 N–H and O–H groups in total. The average Bonchev–Trinajstić information content (AvgIpc) is 2.27. The molecule has 0 saturated heterocycles. The van der Waals surface area contributed by atoms with Gasteiger partial charge in [0.15, 0.2) is 0 Å². The number of nitrogens with zero attached hydrogens (tertiary/aromatic N) is 1. The Labute approximate surface area is 106 Å². The van der Waals surface area contributed by atoms with Gasteiger partial charge in [-0.3, -0.25) is 0 Å². The maximum atomic E-state index is 11.2. The van der Waals surface area contributed by atoms with Crippen molar-refractivity contribution < 1.29 is 9.90 Å². The topological polar surface area (TPSA) is 50.2 Å². The summed E-state index contributed by atoms with van der Waals surface area (Å²) in [6.45, 7) is 4.11. The van der Waals surface area contributed by atoms with Crippen LogP contribution < -0.4 is 0 Å². The van der Waals surface area contributed by atoms with Gasteiger partial charge in [-0.2, -0.15) is 0 Å². The highest BCUT2D eigenvalue weighted by Gasteiger charge is 2.19. The highest BCUT2D eigenvalue weighted by Crippen LogP contribution is 2.29. The Balaban J connectivity index is 2.44. The lowest BCUT2D eigenvalue weighted by atomic mass is 9.95. The Kier molecular flexibility index (Phi) is 3.72. The molecule has 0 amide bonds. The summed E-state index contributed by atoms with van der Waals surface area (Å²) in [6, 6.07) is 1.83. The van der Waals surface area contributed by atoms with E-state index in [1.807, 2.05) is 6.07 Å². The zero-order valence-electron chi connectivity index (χ0n) is 10.2. The molecule has 3 nitrogen and oxygen atoms in total. The van der Waals surface area contributed by atoms with Gasteiger partial charge in [0.2, 0.25) is 0 Å². The molecule has 0 aromatic carbocycles. The van der Waals surface area contributed by atoms with E-state index in [0.29, 0.717) is 15.8 Å². The molecule has 2 rings (SSSR count). The van der Waals surface area contributed by atoms with Crippen molar-refractivity contribution in [1.29, 1.82) is 0 Å². The first-order valence-corrected chi connectivity index (χ1v) is 6.88. The van der Waals surface area contributed by atoms with Crippen molar-refractivity contribution in [1.82, 2.24) is 4.98 Å². The van der Waals surface area contributed by atoms with Crippen LogP contribution in [0.25, 0.3) is 0 Å². The third-order valence-corrected chi connectivity index (χ3v) is 3.85. The normalized spacial score (nSPS) is 14.8. The van der Waals surface area contributed by atoms with Gasteiger partial charge in [-0.05, 0) is 37.3 Å². The predicted molar refractivity (Wildman–Crippen MR) is 68.8 cm³/mol. The fourth-order valence-corrected chi connectivity index (χ4v) is 2.96. The minimum Gasteiger partial charge on any atom is -0.478 e. The largest absolute Gasteiger partial charge is 0.478 e. The van der Waals surface area contributed by atoms with Crippen LogP contribution in [0.3, 0.4) is 0 Å². The van der Waals surface area contributed by atoms with Gasteiger partial charge in [0.1, 0.15) is 5.03 Å². The molecule has 17 heavy (non-hydrogen) atoms. The lowest BCUT2D eigenvalue weighted by Crippen LogP contribution is -2.11. The van der Waals surface area contributed by atoms with Crippen LogP contribution in [-0.2, 0) is 12.8 Å².